The molecule has 0 aliphatic carbocycles. The van der Waals surface area contributed by atoms with Gasteiger partial charge in [0.1, 0.15) is 6.10 Å². The molecule has 0 N–H and O–H groups in total. The van der Waals surface area contributed by atoms with Gasteiger partial charge in [0.25, 0.3) is 0 Å². The van der Waals surface area contributed by atoms with Crippen molar-refractivity contribution in [3.05, 3.63) is 35.4 Å². The molecular formula is C10H7F5O. The molecule has 1 saturated heterocycles. The van der Waals surface area contributed by atoms with Crippen LogP contribution >= 0.6 is 0 Å². The Morgan fingerprint density at radius 2 is 1.75 bits per heavy atom. The van der Waals surface area contributed by atoms with E-state index in [1.165, 1.54) is 12.1 Å². The fraction of sp³-hybridized carbons (Fsp3) is 0.400. The molecule has 0 saturated carbocycles. The Bertz CT molecular complexity index is 394. The van der Waals surface area contributed by atoms with E-state index >= 15 is 0 Å². The highest BCUT2D eigenvalue weighted by molar-refractivity contribution is 5.30. The molecule has 1 unspecified atom stereocenters. The first kappa shape index (κ1) is 11.3. The van der Waals surface area contributed by atoms with Crippen LogP contribution in [0.5, 0.6) is 0 Å². The molecule has 0 radical (unpaired) electrons. The van der Waals surface area contributed by atoms with Crippen molar-refractivity contribution in [2.24, 2.45) is 0 Å². The fourth-order valence-electron chi connectivity index (χ4n) is 1.34. The second-order valence-corrected chi connectivity index (χ2v) is 3.52. The average Bonchev–Trinajstić information content (AvgIpc) is 2.99. The van der Waals surface area contributed by atoms with Crippen LogP contribution in [0.3, 0.4) is 0 Å². The van der Waals surface area contributed by atoms with Gasteiger partial charge in [-0.05, 0) is 11.6 Å². The number of rotatable bonds is 2. The van der Waals surface area contributed by atoms with Crippen LogP contribution in [0, 0.1) is 0 Å². The number of hydrogen-bond donors (Lipinski definition) is 0. The molecular weight excluding hydrogens is 231 g/mol. The average molecular weight is 238 g/mol. The highest BCUT2D eigenvalue weighted by Crippen LogP contribution is 2.44. The van der Waals surface area contributed by atoms with E-state index in [0.717, 1.165) is 12.1 Å². The molecule has 1 nitrogen and oxygen atoms in total. The van der Waals surface area contributed by atoms with E-state index in [2.05, 4.69) is 0 Å². The highest BCUT2D eigenvalue weighted by Gasteiger charge is 2.58. The maximum absolute atomic E-state index is 13.0. The summed E-state index contributed by atoms with van der Waals surface area (Å²) in [7, 11) is 0. The van der Waals surface area contributed by atoms with E-state index < -0.39 is 17.7 Å². The van der Waals surface area contributed by atoms with Crippen LogP contribution < -0.4 is 0 Å². The van der Waals surface area contributed by atoms with E-state index in [1.807, 2.05) is 0 Å². The molecule has 1 atom stereocenters. The molecule has 1 aliphatic heterocycles. The Balaban J connectivity index is 2.35. The first-order valence-corrected chi connectivity index (χ1v) is 4.49. The lowest BCUT2D eigenvalue weighted by molar-refractivity contribution is -0.289. The Labute approximate surface area is 87.8 Å². The van der Waals surface area contributed by atoms with Crippen molar-refractivity contribution in [1.29, 1.82) is 0 Å². The summed E-state index contributed by atoms with van der Waals surface area (Å²) in [6.45, 7) is 0.362. The van der Waals surface area contributed by atoms with Crippen molar-refractivity contribution in [2.45, 2.75) is 18.2 Å². The van der Waals surface area contributed by atoms with Gasteiger partial charge in [-0.3, -0.25) is 0 Å². The zero-order valence-corrected chi connectivity index (χ0v) is 7.89. The Morgan fingerprint density at radius 1 is 1.12 bits per heavy atom. The SMILES string of the molecule is FC(F)(F)C(F)(F)c1cccc(C2CO2)c1. The van der Waals surface area contributed by atoms with Gasteiger partial charge in [-0.1, -0.05) is 18.2 Å². The van der Waals surface area contributed by atoms with Gasteiger partial charge in [0.05, 0.1) is 6.61 Å². The predicted molar refractivity (Wildman–Crippen MR) is 45.1 cm³/mol. The van der Waals surface area contributed by atoms with E-state index in [4.69, 9.17) is 4.74 Å². The first-order valence-electron chi connectivity index (χ1n) is 4.49. The minimum Gasteiger partial charge on any atom is -0.368 e. The zero-order valence-electron chi connectivity index (χ0n) is 7.89. The van der Waals surface area contributed by atoms with Gasteiger partial charge in [-0.25, -0.2) is 0 Å². The first-order chi connectivity index (χ1) is 7.32. The van der Waals surface area contributed by atoms with Gasteiger partial charge in [0, 0.05) is 5.56 Å². The number of epoxide rings is 1. The molecule has 1 aliphatic rings. The smallest absolute Gasteiger partial charge is 0.368 e. The van der Waals surface area contributed by atoms with Crippen LogP contribution in [0.25, 0.3) is 0 Å². The maximum atomic E-state index is 13.0. The van der Waals surface area contributed by atoms with Crippen molar-refractivity contribution in [2.75, 3.05) is 6.61 Å². The lowest BCUT2D eigenvalue weighted by atomic mass is 10.0. The van der Waals surface area contributed by atoms with Crippen LogP contribution in [0.1, 0.15) is 17.2 Å². The van der Waals surface area contributed by atoms with Crippen LogP contribution in [-0.2, 0) is 10.7 Å². The van der Waals surface area contributed by atoms with Crippen LogP contribution in [0.15, 0.2) is 24.3 Å². The fourth-order valence-corrected chi connectivity index (χ4v) is 1.34. The minimum absolute atomic E-state index is 0.344. The van der Waals surface area contributed by atoms with E-state index in [0.29, 0.717) is 12.2 Å². The van der Waals surface area contributed by atoms with Crippen molar-refractivity contribution >= 4 is 0 Å². The molecule has 1 aromatic carbocycles. The second-order valence-electron chi connectivity index (χ2n) is 3.52. The predicted octanol–water partition coefficient (Wildman–Crippen LogP) is 3.41. The monoisotopic (exact) mass is 238 g/mol. The molecule has 1 aromatic rings. The molecule has 16 heavy (non-hydrogen) atoms. The molecule has 88 valence electrons. The lowest BCUT2D eigenvalue weighted by Crippen LogP contribution is -2.33. The Kier molecular flexibility index (Phi) is 2.41. The maximum Gasteiger partial charge on any atom is 0.458 e. The number of alkyl halides is 5. The molecule has 0 amide bonds. The third-order valence-corrected chi connectivity index (χ3v) is 2.31. The number of benzene rings is 1. The third-order valence-electron chi connectivity index (χ3n) is 2.31. The molecule has 1 fully saturated rings. The van der Waals surface area contributed by atoms with Crippen molar-refractivity contribution in [3.8, 4) is 0 Å². The van der Waals surface area contributed by atoms with Crippen LogP contribution in [0.4, 0.5) is 22.0 Å². The summed E-state index contributed by atoms with van der Waals surface area (Å²) in [5.41, 5.74) is -0.700. The van der Waals surface area contributed by atoms with Gasteiger partial charge in [0.2, 0.25) is 0 Å². The summed E-state index contributed by atoms with van der Waals surface area (Å²) in [6, 6.07) is 4.24. The summed E-state index contributed by atoms with van der Waals surface area (Å²) in [6.07, 6.45) is -5.92. The van der Waals surface area contributed by atoms with Gasteiger partial charge < -0.3 is 4.74 Å². The van der Waals surface area contributed by atoms with Crippen LogP contribution in [0.2, 0.25) is 0 Å². The molecule has 0 bridgehead atoms. The summed E-state index contributed by atoms with van der Waals surface area (Å²) in [5.74, 6) is -4.82. The third kappa shape index (κ3) is 1.89. The van der Waals surface area contributed by atoms with E-state index in [1.54, 1.807) is 0 Å². The van der Waals surface area contributed by atoms with Gasteiger partial charge in [-0.2, -0.15) is 22.0 Å². The normalized spacial score (nSPS) is 20.9. The summed E-state index contributed by atoms with van der Waals surface area (Å²) >= 11 is 0. The number of hydrogen-bond acceptors (Lipinski definition) is 1. The molecule has 0 aromatic heterocycles. The number of ether oxygens (including phenoxy) is 1. The van der Waals surface area contributed by atoms with E-state index in [9.17, 15) is 22.0 Å². The second kappa shape index (κ2) is 3.41. The highest BCUT2D eigenvalue weighted by atomic mass is 19.4. The number of halogens is 5. The quantitative estimate of drug-likeness (QED) is 0.568. The summed E-state index contributed by atoms with van der Waals surface area (Å²) in [4.78, 5) is 0. The summed E-state index contributed by atoms with van der Waals surface area (Å²) in [5, 5.41) is 0. The standard InChI is InChI=1S/C10H7F5O/c11-9(12,10(13,14)15)7-3-1-2-6(4-7)8-5-16-8/h1-4,8H,5H2. The topological polar surface area (TPSA) is 12.5 Å². The van der Waals surface area contributed by atoms with Gasteiger partial charge in [0.15, 0.2) is 0 Å². The van der Waals surface area contributed by atoms with Gasteiger partial charge >= 0.3 is 12.1 Å². The largest absolute Gasteiger partial charge is 0.458 e. The van der Waals surface area contributed by atoms with Crippen molar-refractivity contribution in [3.63, 3.8) is 0 Å². The molecule has 0 spiro atoms. The van der Waals surface area contributed by atoms with Crippen molar-refractivity contribution < 1.29 is 26.7 Å². The van der Waals surface area contributed by atoms with Gasteiger partial charge in [-0.15, -0.1) is 0 Å². The zero-order chi connectivity index (χ0) is 12.0. The van der Waals surface area contributed by atoms with Crippen molar-refractivity contribution in [1.82, 2.24) is 0 Å². The molecule has 2 rings (SSSR count). The van der Waals surface area contributed by atoms with Crippen LogP contribution in [-0.4, -0.2) is 12.8 Å². The Hall–Kier alpha value is -1.17. The molecule has 6 heteroatoms. The minimum atomic E-state index is -5.57. The van der Waals surface area contributed by atoms with E-state index in [-0.39, 0.29) is 6.10 Å². The Morgan fingerprint density at radius 3 is 2.25 bits per heavy atom. The summed E-state index contributed by atoms with van der Waals surface area (Å²) < 4.78 is 67.0. The lowest BCUT2D eigenvalue weighted by Gasteiger charge is -2.20. The molecule has 1 heterocycles.